The molecule has 0 aromatic heterocycles. The maximum absolute atomic E-state index is 5.57. The van der Waals surface area contributed by atoms with Crippen LogP contribution < -0.4 is 10.6 Å². The second-order valence-electron chi connectivity index (χ2n) is 5.74. The van der Waals surface area contributed by atoms with Crippen LogP contribution in [0.5, 0.6) is 0 Å². The third-order valence-corrected chi connectivity index (χ3v) is 4.15. The zero-order chi connectivity index (χ0) is 13.7. The molecule has 1 aromatic rings. The highest BCUT2D eigenvalue weighted by Gasteiger charge is 2.19. The molecule has 0 aliphatic carbocycles. The van der Waals surface area contributed by atoms with E-state index in [9.17, 15) is 0 Å². The van der Waals surface area contributed by atoms with Gasteiger partial charge in [0, 0.05) is 19.8 Å². The summed E-state index contributed by atoms with van der Waals surface area (Å²) in [5.41, 5.74) is 8.36. The number of benzene rings is 1. The normalized spacial score (nSPS) is 17.6. The molecule has 1 heterocycles. The predicted octanol–water partition coefficient (Wildman–Crippen LogP) is 2.28. The van der Waals surface area contributed by atoms with Crippen molar-refractivity contribution in [3.8, 4) is 0 Å². The Morgan fingerprint density at radius 3 is 2.32 bits per heavy atom. The molecule has 3 nitrogen and oxygen atoms in total. The number of rotatable bonds is 5. The van der Waals surface area contributed by atoms with Gasteiger partial charge in [-0.05, 0) is 69.1 Å². The number of nitrogens with two attached hydrogens (primary N) is 1. The van der Waals surface area contributed by atoms with E-state index in [-0.39, 0.29) is 0 Å². The van der Waals surface area contributed by atoms with Crippen molar-refractivity contribution >= 4 is 5.69 Å². The molecule has 0 atom stereocenters. The first-order chi connectivity index (χ1) is 9.20. The van der Waals surface area contributed by atoms with Gasteiger partial charge in [-0.25, -0.2) is 0 Å². The Morgan fingerprint density at radius 1 is 1.16 bits per heavy atom. The molecule has 0 amide bonds. The summed E-state index contributed by atoms with van der Waals surface area (Å²) < 4.78 is 0. The molecule has 2 N–H and O–H groups in total. The van der Waals surface area contributed by atoms with Crippen LogP contribution in [-0.4, -0.2) is 45.2 Å². The van der Waals surface area contributed by atoms with Gasteiger partial charge in [0.15, 0.2) is 0 Å². The summed E-state index contributed by atoms with van der Waals surface area (Å²) in [6.45, 7) is 4.43. The molecule has 0 saturated carbocycles. The van der Waals surface area contributed by atoms with E-state index in [1.54, 1.807) is 0 Å². The minimum Gasteiger partial charge on any atom is -0.378 e. The molecular formula is C16H27N3. The van der Waals surface area contributed by atoms with E-state index in [2.05, 4.69) is 48.2 Å². The van der Waals surface area contributed by atoms with Gasteiger partial charge in [-0.3, -0.25) is 0 Å². The summed E-state index contributed by atoms with van der Waals surface area (Å²) in [7, 11) is 4.18. The Balaban J connectivity index is 1.87. The highest BCUT2D eigenvalue weighted by Crippen LogP contribution is 2.29. The van der Waals surface area contributed by atoms with Crippen LogP contribution in [-0.2, 0) is 0 Å². The Bertz CT molecular complexity index is 364. The van der Waals surface area contributed by atoms with Crippen LogP contribution in [0.3, 0.4) is 0 Å². The predicted molar refractivity (Wildman–Crippen MR) is 82.9 cm³/mol. The van der Waals surface area contributed by atoms with Gasteiger partial charge in [0.2, 0.25) is 0 Å². The number of hydrogen-bond donors (Lipinski definition) is 1. The lowest BCUT2D eigenvalue weighted by Gasteiger charge is -2.32. The number of hydrogen-bond acceptors (Lipinski definition) is 3. The largest absolute Gasteiger partial charge is 0.378 e. The molecule has 1 aliphatic heterocycles. The lowest BCUT2D eigenvalue weighted by atomic mass is 9.89. The fraction of sp³-hybridized carbons (Fsp3) is 0.625. The summed E-state index contributed by atoms with van der Waals surface area (Å²) in [6, 6.07) is 9.07. The second-order valence-corrected chi connectivity index (χ2v) is 5.74. The Morgan fingerprint density at radius 2 is 1.79 bits per heavy atom. The fourth-order valence-electron chi connectivity index (χ4n) is 2.85. The van der Waals surface area contributed by atoms with Crippen LogP contribution in [0.4, 0.5) is 5.69 Å². The van der Waals surface area contributed by atoms with Gasteiger partial charge in [0.25, 0.3) is 0 Å². The van der Waals surface area contributed by atoms with Gasteiger partial charge in [-0.2, -0.15) is 0 Å². The Labute approximate surface area is 117 Å². The Kier molecular flexibility index (Phi) is 5.23. The molecule has 0 bridgehead atoms. The van der Waals surface area contributed by atoms with Crippen molar-refractivity contribution in [2.24, 2.45) is 5.73 Å². The monoisotopic (exact) mass is 261 g/mol. The number of anilines is 1. The van der Waals surface area contributed by atoms with Gasteiger partial charge in [-0.15, -0.1) is 0 Å². The van der Waals surface area contributed by atoms with Crippen molar-refractivity contribution in [2.45, 2.75) is 25.2 Å². The van der Waals surface area contributed by atoms with Gasteiger partial charge in [-0.1, -0.05) is 12.1 Å². The molecule has 19 heavy (non-hydrogen) atoms. The van der Waals surface area contributed by atoms with E-state index in [4.69, 9.17) is 5.73 Å². The van der Waals surface area contributed by atoms with Crippen LogP contribution in [0.15, 0.2) is 24.3 Å². The SMILES string of the molecule is CN(C)c1ccc(C2CCN(CCCN)CC2)cc1. The van der Waals surface area contributed by atoms with E-state index in [0.29, 0.717) is 0 Å². The molecule has 1 saturated heterocycles. The van der Waals surface area contributed by atoms with Crippen molar-refractivity contribution in [3.63, 3.8) is 0 Å². The average Bonchev–Trinajstić information content (AvgIpc) is 2.46. The molecular weight excluding hydrogens is 234 g/mol. The van der Waals surface area contributed by atoms with Crippen LogP contribution in [0.2, 0.25) is 0 Å². The number of likely N-dealkylation sites (tertiary alicyclic amines) is 1. The molecule has 0 unspecified atom stereocenters. The third-order valence-electron chi connectivity index (χ3n) is 4.15. The van der Waals surface area contributed by atoms with E-state index < -0.39 is 0 Å². The fourth-order valence-corrected chi connectivity index (χ4v) is 2.85. The summed E-state index contributed by atoms with van der Waals surface area (Å²) in [5, 5.41) is 0. The van der Waals surface area contributed by atoms with Crippen molar-refractivity contribution in [3.05, 3.63) is 29.8 Å². The number of piperidine rings is 1. The van der Waals surface area contributed by atoms with Gasteiger partial charge >= 0.3 is 0 Å². The second kappa shape index (κ2) is 6.92. The number of nitrogens with zero attached hydrogens (tertiary/aromatic N) is 2. The minimum absolute atomic E-state index is 0.741. The summed E-state index contributed by atoms with van der Waals surface area (Å²) in [4.78, 5) is 4.71. The zero-order valence-electron chi connectivity index (χ0n) is 12.3. The third kappa shape index (κ3) is 3.95. The maximum Gasteiger partial charge on any atom is 0.0361 e. The molecule has 1 fully saturated rings. The highest BCUT2D eigenvalue weighted by atomic mass is 15.1. The topological polar surface area (TPSA) is 32.5 Å². The van der Waals surface area contributed by atoms with Crippen molar-refractivity contribution in [1.29, 1.82) is 0 Å². The van der Waals surface area contributed by atoms with Gasteiger partial charge in [0.1, 0.15) is 0 Å². The van der Waals surface area contributed by atoms with Crippen molar-refractivity contribution in [1.82, 2.24) is 4.90 Å². The first-order valence-corrected chi connectivity index (χ1v) is 7.40. The smallest absolute Gasteiger partial charge is 0.0361 e. The van der Waals surface area contributed by atoms with Gasteiger partial charge in [0.05, 0.1) is 0 Å². The standard InChI is InChI=1S/C16H27N3/c1-18(2)16-6-4-14(5-7-16)15-8-12-19(13-9-15)11-3-10-17/h4-7,15H,3,8-13,17H2,1-2H3. The summed E-state index contributed by atoms with van der Waals surface area (Å²) in [6.07, 6.45) is 3.69. The quantitative estimate of drug-likeness (QED) is 0.882. The van der Waals surface area contributed by atoms with Gasteiger partial charge < -0.3 is 15.5 Å². The van der Waals surface area contributed by atoms with Crippen LogP contribution in [0, 0.1) is 0 Å². The molecule has 1 aromatic carbocycles. The molecule has 2 rings (SSSR count). The first-order valence-electron chi connectivity index (χ1n) is 7.40. The molecule has 3 heteroatoms. The summed E-state index contributed by atoms with van der Waals surface area (Å²) >= 11 is 0. The molecule has 0 spiro atoms. The van der Waals surface area contributed by atoms with Crippen LogP contribution in [0.25, 0.3) is 0 Å². The molecule has 0 radical (unpaired) electrons. The van der Waals surface area contributed by atoms with E-state index >= 15 is 0 Å². The first kappa shape index (κ1) is 14.4. The van der Waals surface area contributed by atoms with Crippen molar-refractivity contribution < 1.29 is 0 Å². The van der Waals surface area contributed by atoms with Crippen molar-refractivity contribution in [2.75, 3.05) is 45.2 Å². The van der Waals surface area contributed by atoms with E-state index in [1.807, 2.05) is 0 Å². The zero-order valence-corrected chi connectivity index (χ0v) is 12.3. The van der Waals surface area contributed by atoms with Crippen LogP contribution >= 0.6 is 0 Å². The lowest BCUT2D eigenvalue weighted by molar-refractivity contribution is 0.211. The highest BCUT2D eigenvalue weighted by molar-refractivity contribution is 5.46. The lowest BCUT2D eigenvalue weighted by Crippen LogP contribution is -2.34. The minimum atomic E-state index is 0.741. The summed E-state index contributed by atoms with van der Waals surface area (Å²) in [5.74, 6) is 0.741. The molecule has 1 aliphatic rings. The average molecular weight is 261 g/mol. The Hall–Kier alpha value is -1.06. The van der Waals surface area contributed by atoms with E-state index in [0.717, 1.165) is 18.9 Å². The van der Waals surface area contributed by atoms with E-state index in [1.165, 1.54) is 43.7 Å². The maximum atomic E-state index is 5.57. The molecule has 106 valence electrons. The van der Waals surface area contributed by atoms with Crippen LogP contribution in [0.1, 0.15) is 30.7 Å².